The van der Waals surface area contributed by atoms with Gasteiger partial charge < -0.3 is 16.2 Å². The normalized spacial score (nSPS) is 11.7. The number of aromatic nitrogens is 1. The predicted octanol–water partition coefficient (Wildman–Crippen LogP) is 3.69. The number of benzene rings is 1. The van der Waals surface area contributed by atoms with Crippen LogP contribution in [0.3, 0.4) is 0 Å². The number of carboxylic acids is 1. The largest absolute Gasteiger partial charge is 0.490 e. The van der Waals surface area contributed by atoms with Gasteiger partial charge in [0.15, 0.2) is 0 Å². The third-order valence-electron chi connectivity index (χ3n) is 3.22. The van der Waals surface area contributed by atoms with E-state index >= 15 is 0 Å². The number of pyridine rings is 1. The lowest BCUT2D eigenvalue weighted by atomic mass is 10.0. The van der Waals surface area contributed by atoms with E-state index in [1.165, 1.54) is 18.2 Å². The molecule has 0 aliphatic carbocycles. The SMILES string of the molecule is N#Cc1c(NC/C=C/CN)nc2ccccc2c1C(F)(F)F.O=C(O)C(F)(F)F. The Balaban J connectivity index is 0.000000516. The molecule has 0 aliphatic rings. The Kier molecular flexibility index (Phi) is 7.96. The fourth-order valence-corrected chi connectivity index (χ4v) is 2.08. The Bertz CT molecular complexity index is 932. The molecule has 4 N–H and O–H groups in total. The molecule has 2 rings (SSSR count). The number of nitrogens with one attached hydrogen (secondary N) is 1. The number of alkyl halides is 6. The molecule has 12 heteroatoms. The molecule has 0 atom stereocenters. The van der Waals surface area contributed by atoms with Crippen molar-refractivity contribution in [3.8, 4) is 6.07 Å². The molecule has 0 bridgehead atoms. The standard InChI is InChI=1S/C15H13F3N4.C2HF3O2/c16-15(17,18)13-10-5-1-2-6-12(10)22-14(11(13)9-20)21-8-4-3-7-19;3-2(4,5)1(6)7/h1-6H,7-8,19H2,(H,21,22);(H,6,7)/b4-3+;. The second kappa shape index (κ2) is 9.74. The number of carboxylic acid groups (broad SMARTS) is 1. The first kappa shape index (κ1) is 23.7. The Hall–Kier alpha value is -3.33. The van der Waals surface area contributed by atoms with Crippen molar-refractivity contribution < 1.29 is 36.2 Å². The zero-order valence-electron chi connectivity index (χ0n) is 14.5. The molecule has 0 radical (unpaired) electrons. The van der Waals surface area contributed by atoms with Crippen LogP contribution in [0.4, 0.5) is 32.2 Å². The molecule has 156 valence electrons. The van der Waals surface area contributed by atoms with Crippen LogP contribution in [0.1, 0.15) is 11.1 Å². The van der Waals surface area contributed by atoms with Gasteiger partial charge in [0.1, 0.15) is 17.5 Å². The molecular formula is C17H14F6N4O2. The number of aliphatic carboxylic acids is 1. The molecule has 0 saturated heterocycles. The van der Waals surface area contributed by atoms with Gasteiger partial charge in [-0.15, -0.1) is 0 Å². The highest BCUT2D eigenvalue weighted by Gasteiger charge is 2.38. The Morgan fingerprint density at radius 3 is 2.28 bits per heavy atom. The number of fused-ring (bicyclic) bond motifs is 1. The van der Waals surface area contributed by atoms with Crippen LogP contribution in [0.5, 0.6) is 0 Å². The number of halogens is 6. The molecule has 0 amide bonds. The van der Waals surface area contributed by atoms with E-state index in [1.807, 2.05) is 0 Å². The first-order chi connectivity index (χ1) is 13.4. The van der Waals surface area contributed by atoms with E-state index < -0.39 is 29.4 Å². The third-order valence-corrected chi connectivity index (χ3v) is 3.22. The monoisotopic (exact) mass is 420 g/mol. The van der Waals surface area contributed by atoms with E-state index in [9.17, 15) is 26.3 Å². The molecule has 6 nitrogen and oxygen atoms in total. The number of nitrogens with zero attached hydrogens (tertiary/aromatic N) is 2. The quantitative estimate of drug-likeness (QED) is 0.514. The number of para-hydroxylation sites is 1. The van der Waals surface area contributed by atoms with Gasteiger partial charge in [-0.3, -0.25) is 0 Å². The molecule has 0 unspecified atom stereocenters. The lowest BCUT2D eigenvalue weighted by Crippen LogP contribution is -2.21. The minimum absolute atomic E-state index is 0.0878. The second-order valence-electron chi connectivity index (χ2n) is 5.23. The highest BCUT2D eigenvalue weighted by molar-refractivity contribution is 5.87. The van der Waals surface area contributed by atoms with Gasteiger partial charge in [-0.1, -0.05) is 30.4 Å². The number of anilines is 1. The van der Waals surface area contributed by atoms with Gasteiger partial charge >= 0.3 is 18.3 Å². The van der Waals surface area contributed by atoms with Gasteiger partial charge in [0, 0.05) is 18.5 Å². The van der Waals surface area contributed by atoms with Crippen molar-refractivity contribution in [3.05, 3.63) is 47.5 Å². The molecule has 29 heavy (non-hydrogen) atoms. The molecular weight excluding hydrogens is 406 g/mol. The van der Waals surface area contributed by atoms with Crippen LogP contribution in [0.15, 0.2) is 36.4 Å². The summed E-state index contributed by atoms with van der Waals surface area (Å²) in [6, 6.07) is 7.48. The third kappa shape index (κ3) is 6.65. The van der Waals surface area contributed by atoms with Gasteiger partial charge in [0.2, 0.25) is 0 Å². The van der Waals surface area contributed by atoms with Crippen LogP contribution in [0.2, 0.25) is 0 Å². The molecule has 0 aliphatic heterocycles. The molecule has 1 aromatic heterocycles. The summed E-state index contributed by atoms with van der Waals surface area (Å²) in [6.45, 7) is 0.556. The molecule has 0 saturated carbocycles. The highest BCUT2D eigenvalue weighted by atomic mass is 19.4. The van der Waals surface area contributed by atoms with Crippen molar-refractivity contribution in [3.63, 3.8) is 0 Å². The zero-order chi connectivity index (χ0) is 22.2. The van der Waals surface area contributed by atoms with Crippen molar-refractivity contribution in [2.75, 3.05) is 18.4 Å². The van der Waals surface area contributed by atoms with Crippen LogP contribution in [0.25, 0.3) is 10.9 Å². The average molecular weight is 420 g/mol. The first-order valence-corrected chi connectivity index (χ1v) is 7.72. The van der Waals surface area contributed by atoms with E-state index in [2.05, 4.69) is 10.3 Å². The minimum atomic E-state index is -5.08. The summed E-state index contributed by atoms with van der Waals surface area (Å²) in [5, 5.41) is 18.9. The molecule has 1 heterocycles. The van der Waals surface area contributed by atoms with E-state index in [4.69, 9.17) is 20.9 Å². The average Bonchev–Trinajstić information content (AvgIpc) is 2.62. The fraction of sp³-hybridized carbons (Fsp3) is 0.235. The molecule has 1 aromatic carbocycles. The lowest BCUT2D eigenvalue weighted by Gasteiger charge is -2.15. The summed E-state index contributed by atoms with van der Waals surface area (Å²) in [6.07, 6.45) is -6.41. The summed E-state index contributed by atoms with van der Waals surface area (Å²) in [5.41, 5.74) is 3.99. The van der Waals surface area contributed by atoms with Crippen molar-refractivity contribution >= 4 is 22.7 Å². The summed E-state index contributed by atoms with van der Waals surface area (Å²) in [7, 11) is 0. The summed E-state index contributed by atoms with van der Waals surface area (Å²) >= 11 is 0. The molecule has 0 fully saturated rings. The van der Waals surface area contributed by atoms with Crippen LogP contribution >= 0.6 is 0 Å². The van der Waals surface area contributed by atoms with Crippen LogP contribution < -0.4 is 11.1 Å². The topological polar surface area (TPSA) is 112 Å². The molecule has 2 aromatic rings. The van der Waals surface area contributed by atoms with Crippen molar-refractivity contribution in [2.45, 2.75) is 12.4 Å². The van der Waals surface area contributed by atoms with Crippen molar-refractivity contribution in [1.29, 1.82) is 5.26 Å². The van der Waals surface area contributed by atoms with Gasteiger partial charge in [-0.2, -0.15) is 31.6 Å². The number of carbonyl (C=O) groups is 1. The number of rotatable bonds is 4. The summed E-state index contributed by atoms with van der Waals surface area (Å²) < 4.78 is 71.8. The van der Waals surface area contributed by atoms with Crippen molar-refractivity contribution in [1.82, 2.24) is 4.98 Å². The smallest absolute Gasteiger partial charge is 0.475 e. The van der Waals surface area contributed by atoms with Crippen LogP contribution in [-0.4, -0.2) is 35.3 Å². The zero-order valence-corrected chi connectivity index (χ0v) is 14.5. The summed E-state index contributed by atoms with van der Waals surface area (Å²) in [5.74, 6) is -2.84. The fourth-order valence-electron chi connectivity index (χ4n) is 2.08. The highest BCUT2D eigenvalue weighted by Crippen LogP contribution is 2.39. The van der Waals surface area contributed by atoms with Gasteiger partial charge in [-0.25, -0.2) is 9.78 Å². The van der Waals surface area contributed by atoms with E-state index in [0.717, 1.165) is 0 Å². The van der Waals surface area contributed by atoms with E-state index in [0.29, 0.717) is 6.54 Å². The van der Waals surface area contributed by atoms with Crippen LogP contribution in [0, 0.1) is 11.3 Å². The number of nitrogens with two attached hydrogens (primary N) is 1. The minimum Gasteiger partial charge on any atom is -0.475 e. The maximum atomic E-state index is 13.4. The van der Waals surface area contributed by atoms with E-state index in [1.54, 1.807) is 24.3 Å². The molecule has 0 spiro atoms. The first-order valence-electron chi connectivity index (χ1n) is 7.72. The van der Waals surface area contributed by atoms with Gasteiger partial charge in [0.05, 0.1) is 11.1 Å². The maximum absolute atomic E-state index is 13.4. The lowest BCUT2D eigenvalue weighted by molar-refractivity contribution is -0.192. The predicted molar refractivity (Wildman–Crippen MR) is 91.8 cm³/mol. The van der Waals surface area contributed by atoms with Gasteiger partial charge in [-0.05, 0) is 6.07 Å². The second-order valence-corrected chi connectivity index (χ2v) is 5.23. The maximum Gasteiger partial charge on any atom is 0.490 e. The summed E-state index contributed by atoms with van der Waals surface area (Å²) in [4.78, 5) is 13.0. The Labute approximate surface area is 160 Å². The Morgan fingerprint density at radius 1 is 1.21 bits per heavy atom. The van der Waals surface area contributed by atoms with E-state index in [-0.39, 0.29) is 23.3 Å². The van der Waals surface area contributed by atoms with Crippen molar-refractivity contribution in [2.24, 2.45) is 5.73 Å². The number of hydrogen-bond acceptors (Lipinski definition) is 5. The van der Waals surface area contributed by atoms with Gasteiger partial charge in [0.25, 0.3) is 0 Å². The Morgan fingerprint density at radius 2 is 1.79 bits per heavy atom. The number of nitriles is 1. The number of hydrogen-bond donors (Lipinski definition) is 3. The van der Waals surface area contributed by atoms with Crippen LogP contribution in [-0.2, 0) is 11.0 Å².